The Morgan fingerprint density at radius 3 is 2.73 bits per heavy atom. The molecule has 1 aromatic carbocycles. The highest BCUT2D eigenvalue weighted by Crippen LogP contribution is 2.23. The minimum Gasteiger partial charge on any atom is -0.491 e. The van der Waals surface area contributed by atoms with Gasteiger partial charge in [0.2, 0.25) is 0 Å². The fraction of sp³-hybridized carbons (Fsp3) is 0.522. The van der Waals surface area contributed by atoms with Crippen molar-refractivity contribution in [3.63, 3.8) is 0 Å². The topological polar surface area (TPSA) is 78.5 Å². The number of nitrogens with zero attached hydrogens (tertiary/aromatic N) is 3. The van der Waals surface area contributed by atoms with Crippen molar-refractivity contribution < 1.29 is 14.3 Å². The van der Waals surface area contributed by atoms with Crippen LogP contribution >= 0.6 is 0 Å². The molecular formula is C23H32N4O3. The molecule has 2 aromatic rings. The van der Waals surface area contributed by atoms with Crippen molar-refractivity contribution in [2.75, 3.05) is 26.7 Å². The van der Waals surface area contributed by atoms with E-state index >= 15 is 0 Å². The molecular weight excluding hydrogens is 380 g/mol. The van der Waals surface area contributed by atoms with Gasteiger partial charge < -0.3 is 19.5 Å². The van der Waals surface area contributed by atoms with Crippen LogP contribution in [0.4, 0.5) is 0 Å². The van der Waals surface area contributed by atoms with E-state index in [4.69, 9.17) is 4.74 Å². The number of carbonyl (C=O) groups is 2. The van der Waals surface area contributed by atoms with Gasteiger partial charge in [0, 0.05) is 20.1 Å². The third kappa shape index (κ3) is 5.40. The first-order valence-electron chi connectivity index (χ1n) is 10.7. The number of aromatic nitrogens is 2. The number of hydrogen-bond acceptors (Lipinski definition) is 4. The predicted molar refractivity (Wildman–Crippen MR) is 116 cm³/mol. The van der Waals surface area contributed by atoms with Crippen LogP contribution < -0.4 is 4.74 Å². The number of benzene rings is 1. The van der Waals surface area contributed by atoms with Crippen molar-refractivity contribution in [3.8, 4) is 5.75 Å². The summed E-state index contributed by atoms with van der Waals surface area (Å²) in [6, 6.07) is 7.26. The number of imidazole rings is 1. The van der Waals surface area contributed by atoms with Gasteiger partial charge in [-0.25, -0.2) is 4.98 Å². The lowest BCUT2D eigenvalue weighted by molar-refractivity contribution is 0.0568. The summed E-state index contributed by atoms with van der Waals surface area (Å²) < 4.78 is 6.16. The Morgan fingerprint density at radius 2 is 2.00 bits per heavy atom. The second-order valence-electron chi connectivity index (χ2n) is 8.34. The van der Waals surface area contributed by atoms with E-state index in [1.54, 1.807) is 17.2 Å². The van der Waals surface area contributed by atoms with Crippen molar-refractivity contribution in [2.24, 2.45) is 5.92 Å². The van der Waals surface area contributed by atoms with Crippen LogP contribution in [-0.4, -0.2) is 64.4 Å². The molecule has 0 fully saturated rings. The molecule has 0 saturated carbocycles. The van der Waals surface area contributed by atoms with Crippen LogP contribution in [0.25, 0.3) is 0 Å². The summed E-state index contributed by atoms with van der Waals surface area (Å²) in [7, 11) is 1.83. The maximum atomic E-state index is 13.2. The van der Waals surface area contributed by atoms with Crippen molar-refractivity contribution in [2.45, 2.75) is 45.6 Å². The van der Waals surface area contributed by atoms with E-state index < -0.39 is 0 Å². The fourth-order valence-corrected chi connectivity index (χ4v) is 3.88. The first-order chi connectivity index (χ1) is 14.5. The van der Waals surface area contributed by atoms with Gasteiger partial charge in [0.1, 0.15) is 18.1 Å². The van der Waals surface area contributed by atoms with Crippen molar-refractivity contribution >= 4 is 11.8 Å². The first kappa shape index (κ1) is 21.9. The summed E-state index contributed by atoms with van der Waals surface area (Å²) in [5.41, 5.74) is 1.05. The average Bonchev–Trinajstić information content (AvgIpc) is 3.27. The monoisotopic (exact) mass is 412 g/mol. The summed E-state index contributed by atoms with van der Waals surface area (Å²) >= 11 is 0. The third-order valence-electron chi connectivity index (χ3n) is 5.46. The fourth-order valence-electron chi connectivity index (χ4n) is 3.88. The highest BCUT2D eigenvalue weighted by Gasteiger charge is 2.28. The van der Waals surface area contributed by atoms with Crippen LogP contribution in [0.5, 0.6) is 5.75 Å². The number of amides is 2. The molecule has 1 aliphatic rings. The number of nitrogens with one attached hydrogen (secondary N) is 1. The maximum Gasteiger partial charge on any atom is 0.272 e. The summed E-state index contributed by atoms with van der Waals surface area (Å²) in [4.78, 5) is 36.7. The van der Waals surface area contributed by atoms with E-state index in [1.165, 1.54) is 6.33 Å². The molecule has 7 nitrogen and oxygen atoms in total. The van der Waals surface area contributed by atoms with Gasteiger partial charge in [0.05, 0.1) is 24.1 Å². The SMILES string of the molecule is CC(C)C[C@H]1COc2ccccc2C(=O)N(C)CCCCCN1C(=O)c1cnc[nH]1. The molecule has 3 rings (SSSR count). The molecule has 0 unspecified atom stereocenters. The lowest BCUT2D eigenvalue weighted by Crippen LogP contribution is -2.45. The molecule has 2 heterocycles. The third-order valence-corrected chi connectivity index (χ3v) is 5.46. The molecule has 0 bridgehead atoms. The number of fused-ring (bicyclic) bond motifs is 1. The van der Waals surface area contributed by atoms with E-state index in [2.05, 4.69) is 23.8 Å². The van der Waals surface area contributed by atoms with E-state index in [-0.39, 0.29) is 17.9 Å². The Labute approximate surface area is 178 Å². The smallest absolute Gasteiger partial charge is 0.272 e. The highest BCUT2D eigenvalue weighted by atomic mass is 16.5. The molecule has 7 heteroatoms. The van der Waals surface area contributed by atoms with Gasteiger partial charge in [-0.15, -0.1) is 0 Å². The number of rotatable bonds is 3. The summed E-state index contributed by atoms with van der Waals surface area (Å²) in [6.07, 6.45) is 6.63. The van der Waals surface area contributed by atoms with Crippen LogP contribution in [0.2, 0.25) is 0 Å². The van der Waals surface area contributed by atoms with Gasteiger partial charge in [0.25, 0.3) is 11.8 Å². The number of hydrogen-bond donors (Lipinski definition) is 1. The second kappa shape index (κ2) is 10.3. The molecule has 1 aromatic heterocycles. The molecule has 30 heavy (non-hydrogen) atoms. The number of carbonyl (C=O) groups excluding carboxylic acids is 2. The Kier molecular flexibility index (Phi) is 7.49. The maximum absolute atomic E-state index is 13.2. The van der Waals surface area contributed by atoms with Gasteiger partial charge in [-0.1, -0.05) is 26.0 Å². The Morgan fingerprint density at radius 1 is 1.23 bits per heavy atom. The molecule has 2 amide bonds. The molecule has 0 radical (unpaired) electrons. The van der Waals surface area contributed by atoms with Gasteiger partial charge in [0.15, 0.2) is 0 Å². The van der Waals surface area contributed by atoms with Crippen LogP contribution in [0.3, 0.4) is 0 Å². The Balaban J connectivity index is 1.91. The summed E-state index contributed by atoms with van der Waals surface area (Å²) in [5, 5.41) is 0. The zero-order chi connectivity index (χ0) is 21.5. The van der Waals surface area contributed by atoms with Crippen molar-refractivity contribution in [1.82, 2.24) is 19.8 Å². The Hall–Kier alpha value is -2.83. The zero-order valence-electron chi connectivity index (χ0n) is 18.1. The van der Waals surface area contributed by atoms with Gasteiger partial charge in [-0.05, 0) is 43.7 Å². The zero-order valence-corrected chi connectivity index (χ0v) is 18.1. The van der Waals surface area contributed by atoms with Gasteiger partial charge in [-0.3, -0.25) is 9.59 Å². The van der Waals surface area contributed by atoms with Crippen LogP contribution in [0.15, 0.2) is 36.8 Å². The molecule has 0 aliphatic carbocycles. The molecule has 0 spiro atoms. The minimum atomic E-state index is -0.0950. The standard InChI is InChI=1S/C23H32N4O3/c1-17(2)13-18-15-30-21-10-6-5-9-19(21)22(28)26(3)11-7-4-8-12-27(18)23(29)20-14-24-16-25-20/h5-6,9-10,14,16-18H,4,7-8,11-13,15H2,1-3H3,(H,24,25)/t18-/m0/s1. The number of H-pyrrole nitrogens is 1. The molecule has 0 saturated heterocycles. The van der Waals surface area contributed by atoms with Gasteiger partial charge >= 0.3 is 0 Å². The van der Waals surface area contributed by atoms with E-state index in [1.807, 2.05) is 30.1 Å². The summed E-state index contributed by atoms with van der Waals surface area (Å²) in [5.74, 6) is 0.874. The molecule has 1 aliphatic heterocycles. The van der Waals surface area contributed by atoms with Crippen LogP contribution in [0, 0.1) is 5.92 Å². The largest absolute Gasteiger partial charge is 0.491 e. The minimum absolute atomic E-state index is 0.0318. The molecule has 1 atom stereocenters. The summed E-state index contributed by atoms with van der Waals surface area (Å²) in [6.45, 7) is 5.96. The highest BCUT2D eigenvalue weighted by molar-refractivity contribution is 5.96. The lowest BCUT2D eigenvalue weighted by atomic mass is 10.0. The van der Waals surface area contributed by atoms with Crippen molar-refractivity contribution in [1.29, 1.82) is 0 Å². The quantitative estimate of drug-likeness (QED) is 0.835. The number of aromatic amines is 1. The Bertz CT molecular complexity index is 835. The number of para-hydroxylation sites is 1. The number of ether oxygens (including phenoxy) is 1. The van der Waals surface area contributed by atoms with Crippen molar-refractivity contribution in [3.05, 3.63) is 48.0 Å². The molecule has 162 valence electrons. The van der Waals surface area contributed by atoms with E-state index in [0.717, 1.165) is 25.7 Å². The second-order valence-corrected chi connectivity index (χ2v) is 8.34. The van der Waals surface area contributed by atoms with Crippen LogP contribution in [-0.2, 0) is 0 Å². The average molecular weight is 413 g/mol. The predicted octanol–water partition coefficient (Wildman–Crippen LogP) is 3.60. The van der Waals surface area contributed by atoms with E-state index in [0.29, 0.717) is 42.6 Å². The van der Waals surface area contributed by atoms with Gasteiger partial charge in [-0.2, -0.15) is 0 Å². The van der Waals surface area contributed by atoms with Crippen LogP contribution in [0.1, 0.15) is 60.4 Å². The normalized spacial score (nSPS) is 18.8. The molecule has 1 N–H and O–H groups in total. The lowest BCUT2D eigenvalue weighted by Gasteiger charge is -2.33. The van der Waals surface area contributed by atoms with E-state index in [9.17, 15) is 9.59 Å². The first-order valence-corrected chi connectivity index (χ1v) is 10.7.